The van der Waals surface area contributed by atoms with Gasteiger partial charge in [-0.25, -0.2) is 0 Å². The number of nitriles is 1. The molecule has 2 aromatic rings. The van der Waals surface area contributed by atoms with Crippen molar-refractivity contribution in [3.63, 3.8) is 0 Å². The summed E-state index contributed by atoms with van der Waals surface area (Å²) in [5.74, 6) is 0. The molecule has 0 amide bonds. The van der Waals surface area contributed by atoms with E-state index in [2.05, 4.69) is 46.4 Å². The van der Waals surface area contributed by atoms with Gasteiger partial charge in [-0.2, -0.15) is 5.26 Å². The first-order valence-electron chi connectivity index (χ1n) is 4.25. The predicted octanol–water partition coefficient (Wildman–Crippen LogP) is 4.04. The zero-order valence-corrected chi connectivity index (χ0v) is 10.1. The molecule has 1 nitrogen and oxygen atoms in total. The van der Waals surface area contributed by atoms with Gasteiger partial charge >= 0.3 is 0 Å². The molecule has 3 heteroatoms. The van der Waals surface area contributed by atoms with Gasteiger partial charge in [0.1, 0.15) is 0 Å². The fraction of sp³-hybridized carbons (Fsp3) is 0.182. The maximum absolute atomic E-state index is 8.67. The monoisotopic (exact) mass is 265 g/mol. The van der Waals surface area contributed by atoms with Gasteiger partial charge in [-0.05, 0) is 40.9 Å². The molecule has 1 aromatic heterocycles. The average molecular weight is 266 g/mol. The maximum Gasteiger partial charge on any atom is 0.0670 e. The molecule has 1 heterocycles. The van der Waals surface area contributed by atoms with Crippen molar-refractivity contribution in [3.05, 3.63) is 33.1 Å². The Bertz CT molecular complexity index is 522. The summed E-state index contributed by atoms with van der Waals surface area (Å²) in [5, 5.41) is 12.0. The van der Waals surface area contributed by atoms with E-state index in [0.717, 1.165) is 10.0 Å². The minimum Gasteiger partial charge on any atom is -0.198 e. The molecule has 0 saturated carbocycles. The van der Waals surface area contributed by atoms with Crippen molar-refractivity contribution >= 4 is 37.4 Å². The molecule has 0 bridgehead atoms. The summed E-state index contributed by atoms with van der Waals surface area (Å²) < 4.78 is 2.38. The Morgan fingerprint density at radius 1 is 1.50 bits per heavy atom. The Morgan fingerprint density at radius 2 is 2.29 bits per heavy atom. The normalized spacial score (nSPS) is 10.4. The van der Waals surface area contributed by atoms with Crippen molar-refractivity contribution in [1.82, 2.24) is 0 Å². The number of hydrogen-bond donors (Lipinski definition) is 0. The van der Waals surface area contributed by atoms with E-state index in [1.54, 1.807) is 11.3 Å². The standard InChI is InChI=1S/C11H8BrNS/c1-7-4-9-8(2-3-13)6-14-11(9)5-10(7)12/h4-6H,2H2,1H3. The molecular weight excluding hydrogens is 258 g/mol. The molecule has 14 heavy (non-hydrogen) atoms. The number of hydrogen-bond acceptors (Lipinski definition) is 2. The number of thiophene rings is 1. The molecule has 0 spiro atoms. The molecule has 0 N–H and O–H groups in total. The first kappa shape index (κ1) is 9.70. The summed E-state index contributed by atoms with van der Waals surface area (Å²) in [6, 6.07) is 6.45. The second-order valence-corrected chi connectivity index (χ2v) is 4.96. The summed E-state index contributed by atoms with van der Waals surface area (Å²) in [6.07, 6.45) is 0.501. The Balaban J connectivity index is 2.69. The van der Waals surface area contributed by atoms with Gasteiger partial charge < -0.3 is 0 Å². The SMILES string of the molecule is Cc1cc2c(CC#N)csc2cc1Br. The summed E-state index contributed by atoms with van der Waals surface area (Å²) >= 11 is 5.20. The van der Waals surface area contributed by atoms with Crippen LogP contribution in [0.15, 0.2) is 22.0 Å². The van der Waals surface area contributed by atoms with Crippen LogP contribution in [0.5, 0.6) is 0 Å². The van der Waals surface area contributed by atoms with Crippen LogP contribution in [0, 0.1) is 18.3 Å². The summed E-state index contributed by atoms with van der Waals surface area (Å²) in [4.78, 5) is 0. The summed E-state index contributed by atoms with van der Waals surface area (Å²) in [6.45, 7) is 2.07. The third kappa shape index (κ3) is 1.56. The van der Waals surface area contributed by atoms with Gasteiger partial charge in [-0.1, -0.05) is 15.9 Å². The molecule has 2 rings (SSSR count). The molecule has 0 radical (unpaired) electrons. The average Bonchev–Trinajstić information content (AvgIpc) is 2.51. The zero-order valence-electron chi connectivity index (χ0n) is 7.67. The number of rotatable bonds is 1. The van der Waals surface area contributed by atoms with E-state index in [9.17, 15) is 0 Å². The molecule has 0 aliphatic rings. The van der Waals surface area contributed by atoms with Crippen LogP contribution < -0.4 is 0 Å². The number of nitrogens with zero attached hydrogens (tertiary/aromatic N) is 1. The molecule has 0 aliphatic carbocycles. The van der Waals surface area contributed by atoms with Crippen molar-refractivity contribution in [2.24, 2.45) is 0 Å². The first-order valence-corrected chi connectivity index (χ1v) is 5.93. The summed E-state index contributed by atoms with van der Waals surface area (Å²) in [5.41, 5.74) is 2.36. The lowest BCUT2D eigenvalue weighted by molar-refractivity contribution is 1.30. The molecule has 0 saturated heterocycles. The van der Waals surface area contributed by atoms with Crippen LogP contribution in [-0.4, -0.2) is 0 Å². The lowest BCUT2D eigenvalue weighted by atomic mass is 10.1. The third-order valence-corrected chi connectivity index (χ3v) is 4.05. The van der Waals surface area contributed by atoms with E-state index in [1.807, 2.05) is 0 Å². The zero-order chi connectivity index (χ0) is 10.1. The van der Waals surface area contributed by atoms with Gasteiger partial charge in [0.15, 0.2) is 0 Å². The van der Waals surface area contributed by atoms with Crippen LogP contribution in [-0.2, 0) is 6.42 Å². The highest BCUT2D eigenvalue weighted by atomic mass is 79.9. The molecular formula is C11H8BrNS. The fourth-order valence-corrected chi connectivity index (χ4v) is 2.91. The lowest BCUT2D eigenvalue weighted by Gasteiger charge is -1.99. The van der Waals surface area contributed by atoms with Crippen molar-refractivity contribution in [1.29, 1.82) is 5.26 Å². The van der Waals surface area contributed by atoms with Gasteiger partial charge in [-0.3, -0.25) is 0 Å². The van der Waals surface area contributed by atoms with E-state index in [0.29, 0.717) is 6.42 Å². The Labute approximate surface area is 95.1 Å². The van der Waals surface area contributed by atoms with Gasteiger partial charge in [0.25, 0.3) is 0 Å². The highest BCUT2D eigenvalue weighted by Crippen LogP contribution is 2.31. The Kier molecular flexibility index (Phi) is 2.58. The maximum atomic E-state index is 8.67. The van der Waals surface area contributed by atoms with Gasteiger partial charge in [0, 0.05) is 9.17 Å². The molecule has 1 aromatic carbocycles. The van der Waals surface area contributed by atoms with Crippen molar-refractivity contribution in [3.8, 4) is 6.07 Å². The Morgan fingerprint density at radius 3 is 3.00 bits per heavy atom. The highest BCUT2D eigenvalue weighted by molar-refractivity contribution is 9.10. The van der Waals surface area contributed by atoms with E-state index < -0.39 is 0 Å². The topological polar surface area (TPSA) is 23.8 Å². The number of benzene rings is 1. The molecule has 0 unspecified atom stereocenters. The quantitative estimate of drug-likeness (QED) is 0.764. The van der Waals surface area contributed by atoms with E-state index in [4.69, 9.17) is 5.26 Å². The predicted molar refractivity (Wildman–Crippen MR) is 63.6 cm³/mol. The van der Waals surface area contributed by atoms with Crippen molar-refractivity contribution < 1.29 is 0 Å². The smallest absolute Gasteiger partial charge is 0.0670 e. The van der Waals surface area contributed by atoms with Gasteiger partial charge in [-0.15, -0.1) is 11.3 Å². The number of fused-ring (bicyclic) bond motifs is 1. The molecule has 0 fully saturated rings. The van der Waals surface area contributed by atoms with E-state index in [1.165, 1.54) is 15.6 Å². The van der Waals surface area contributed by atoms with Gasteiger partial charge in [0.2, 0.25) is 0 Å². The van der Waals surface area contributed by atoms with Crippen LogP contribution in [0.1, 0.15) is 11.1 Å². The van der Waals surface area contributed by atoms with Gasteiger partial charge in [0.05, 0.1) is 12.5 Å². The minimum absolute atomic E-state index is 0.501. The minimum atomic E-state index is 0.501. The number of halogens is 1. The van der Waals surface area contributed by atoms with Crippen LogP contribution >= 0.6 is 27.3 Å². The first-order chi connectivity index (χ1) is 6.72. The van der Waals surface area contributed by atoms with E-state index in [-0.39, 0.29) is 0 Å². The second-order valence-electron chi connectivity index (χ2n) is 3.19. The fourth-order valence-electron chi connectivity index (χ4n) is 1.43. The van der Waals surface area contributed by atoms with Crippen LogP contribution in [0.4, 0.5) is 0 Å². The molecule has 0 atom stereocenters. The third-order valence-electron chi connectivity index (χ3n) is 2.20. The highest BCUT2D eigenvalue weighted by Gasteiger charge is 2.05. The van der Waals surface area contributed by atoms with Crippen LogP contribution in [0.3, 0.4) is 0 Å². The largest absolute Gasteiger partial charge is 0.198 e. The number of aryl methyl sites for hydroxylation is 1. The van der Waals surface area contributed by atoms with Crippen LogP contribution in [0.25, 0.3) is 10.1 Å². The van der Waals surface area contributed by atoms with Crippen LogP contribution in [0.2, 0.25) is 0 Å². The molecule has 70 valence electrons. The second kappa shape index (κ2) is 3.72. The van der Waals surface area contributed by atoms with Crippen molar-refractivity contribution in [2.45, 2.75) is 13.3 Å². The summed E-state index contributed by atoms with van der Waals surface area (Å²) in [7, 11) is 0. The lowest BCUT2D eigenvalue weighted by Crippen LogP contribution is -1.80. The molecule has 0 aliphatic heterocycles. The van der Waals surface area contributed by atoms with E-state index >= 15 is 0 Å². The Hall–Kier alpha value is -0.850. The van der Waals surface area contributed by atoms with Crippen molar-refractivity contribution in [2.75, 3.05) is 0 Å².